The summed E-state index contributed by atoms with van der Waals surface area (Å²) in [4.78, 5) is 13.1. The monoisotopic (exact) mass is 737 g/mol. The molecule has 0 aliphatic rings. The third-order valence-corrected chi connectivity index (χ3v) is 10.8. The number of aromatic nitrogens is 3. The summed E-state index contributed by atoms with van der Waals surface area (Å²) in [6, 6.07) is 53.5. The minimum atomic E-state index is 0.570. The number of hydrogen-bond donors (Lipinski definition) is 1. The number of rotatable bonds is 10. The third kappa shape index (κ3) is 6.53. The lowest BCUT2D eigenvalue weighted by Crippen LogP contribution is -2.18. The van der Waals surface area contributed by atoms with Crippen LogP contribution in [0.2, 0.25) is 0 Å². The Morgan fingerprint density at radius 3 is 1.96 bits per heavy atom. The zero-order chi connectivity index (χ0) is 38.9. The van der Waals surface area contributed by atoms with Crippen molar-refractivity contribution in [2.45, 2.75) is 19.9 Å². The van der Waals surface area contributed by atoms with Crippen molar-refractivity contribution in [3.63, 3.8) is 0 Å². The second-order valence-electron chi connectivity index (χ2n) is 14.4. The molecule has 9 aromatic rings. The Morgan fingerprint density at radius 1 is 0.684 bits per heavy atom. The molecule has 9 rings (SSSR count). The average Bonchev–Trinajstić information content (AvgIpc) is 3.63. The van der Waals surface area contributed by atoms with Crippen molar-refractivity contribution in [2.24, 2.45) is 0 Å². The number of nitrogen functional groups attached to an aromatic ring is 1. The first-order valence-electron chi connectivity index (χ1n) is 19.5. The van der Waals surface area contributed by atoms with Crippen molar-refractivity contribution in [1.29, 1.82) is 0 Å². The second kappa shape index (κ2) is 15.1. The highest BCUT2D eigenvalue weighted by Crippen LogP contribution is 2.46. The summed E-state index contributed by atoms with van der Waals surface area (Å²) < 4.78 is 2.27. The molecular formula is C52H43N5. The van der Waals surface area contributed by atoms with Gasteiger partial charge in [-0.05, 0) is 98.4 Å². The highest BCUT2D eigenvalue weighted by Gasteiger charge is 2.26. The summed E-state index contributed by atoms with van der Waals surface area (Å²) in [5.74, 6) is 0.740. The van der Waals surface area contributed by atoms with E-state index in [-0.39, 0.29) is 0 Å². The Kier molecular flexibility index (Phi) is 9.41. The lowest BCUT2D eigenvalue weighted by Gasteiger charge is -2.21. The van der Waals surface area contributed by atoms with Gasteiger partial charge in [-0.25, -0.2) is 9.97 Å². The zero-order valence-electron chi connectivity index (χ0n) is 32.2. The summed E-state index contributed by atoms with van der Waals surface area (Å²) >= 11 is 0. The molecule has 0 radical (unpaired) electrons. The maximum atomic E-state index is 6.39. The number of allylic oxidation sites excluding steroid dienone is 5. The van der Waals surface area contributed by atoms with Crippen LogP contribution in [0.4, 0.5) is 11.4 Å². The lowest BCUT2D eigenvalue weighted by molar-refractivity contribution is 0.885. The molecule has 0 saturated heterocycles. The third-order valence-electron chi connectivity index (χ3n) is 10.8. The van der Waals surface area contributed by atoms with Crippen LogP contribution in [0.25, 0.3) is 82.8 Å². The van der Waals surface area contributed by atoms with Gasteiger partial charge in [-0.1, -0.05) is 141 Å². The van der Waals surface area contributed by atoms with Crippen LogP contribution in [0.3, 0.4) is 0 Å². The van der Waals surface area contributed by atoms with Crippen LogP contribution in [0, 0.1) is 0 Å². The van der Waals surface area contributed by atoms with E-state index in [1.807, 2.05) is 37.4 Å². The number of benzene rings is 7. The molecule has 0 unspecified atom stereocenters. The topological polar surface area (TPSA) is 60.0 Å². The van der Waals surface area contributed by atoms with Gasteiger partial charge in [0.1, 0.15) is 5.69 Å². The molecule has 0 atom stereocenters. The van der Waals surface area contributed by atoms with Crippen LogP contribution in [0.1, 0.15) is 19.0 Å². The molecule has 5 heteroatoms. The fourth-order valence-electron chi connectivity index (χ4n) is 8.09. The molecule has 57 heavy (non-hydrogen) atoms. The van der Waals surface area contributed by atoms with Crippen LogP contribution < -0.4 is 10.6 Å². The predicted molar refractivity (Wildman–Crippen MR) is 243 cm³/mol. The Balaban J connectivity index is 1.39. The Labute approximate surface area is 333 Å². The number of fused-ring (bicyclic) bond motifs is 4. The van der Waals surface area contributed by atoms with Crippen LogP contribution in [0.15, 0.2) is 183 Å². The molecule has 5 nitrogen and oxygen atoms in total. The van der Waals surface area contributed by atoms with Gasteiger partial charge in [-0.3, -0.25) is 4.57 Å². The Bertz CT molecular complexity index is 3040. The average molecular weight is 738 g/mol. The predicted octanol–water partition coefficient (Wildman–Crippen LogP) is 13.1. The minimum absolute atomic E-state index is 0.570. The molecule has 0 spiro atoms. The van der Waals surface area contributed by atoms with Gasteiger partial charge in [-0.15, -0.1) is 0 Å². The van der Waals surface area contributed by atoms with Crippen molar-refractivity contribution < 1.29 is 0 Å². The van der Waals surface area contributed by atoms with E-state index in [9.17, 15) is 0 Å². The smallest absolute Gasteiger partial charge is 0.164 e. The van der Waals surface area contributed by atoms with E-state index in [1.54, 1.807) is 0 Å². The maximum Gasteiger partial charge on any atom is 0.164 e. The SMILES string of the molecule is C=C/C(=C\C=C/CC)n1c(-c2cccc(CN(C)c3ccccc3N)n2)nc2c(-c3ccc4ccccc4c3)c3ccccc3c(-c3ccc4ccccc4c3)c21. The van der Waals surface area contributed by atoms with Crippen LogP contribution in [-0.2, 0) is 6.54 Å². The molecule has 0 amide bonds. The normalized spacial score (nSPS) is 12.0. The number of imidazole rings is 1. The summed E-state index contributed by atoms with van der Waals surface area (Å²) in [5, 5.41) is 7.04. The van der Waals surface area contributed by atoms with E-state index in [0.29, 0.717) is 6.54 Å². The molecule has 0 fully saturated rings. The van der Waals surface area contributed by atoms with Crippen molar-refractivity contribution in [3.8, 4) is 33.8 Å². The number of nitrogens with two attached hydrogens (primary N) is 1. The van der Waals surface area contributed by atoms with E-state index >= 15 is 0 Å². The van der Waals surface area contributed by atoms with Crippen molar-refractivity contribution in [3.05, 3.63) is 188 Å². The number of hydrogen-bond acceptors (Lipinski definition) is 4. The minimum Gasteiger partial charge on any atom is -0.397 e. The highest BCUT2D eigenvalue weighted by molar-refractivity contribution is 6.21. The fraction of sp³-hybridized carbons (Fsp3) is 0.0769. The number of para-hydroxylation sites is 2. The molecule has 7 aromatic carbocycles. The quantitative estimate of drug-likeness (QED) is 0.112. The summed E-state index contributed by atoms with van der Waals surface area (Å²) in [6.07, 6.45) is 9.24. The van der Waals surface area contributed by atoms with Gasteiger partial charge in [0, 0.05) is 23.9 Å². The molecule has 2 aromatic heterocycles. The van der Waals surface area contributed by atoms with E-state index in [1.165, 1.54) is 21.5 Å². The van der Waals surface area contributed by atoms with Crippen LogP contribution in [-0.4, -0.2) is 21.6 Å². The van der Waals surface area contributed by atoms with Gasteiger partial charge in [0.15, 0.2) is 5.82 Å². The molecule has 0 bridgehead atoms. The number of nitrogens with zero attached hydrogens (tertiary/aromatic N) is 4. The van der Waals surface area contributed by atoms with E-state index < -0.39 is 0 Å². The summed E-state index contributed by atoms with van der Waals surface area (Å²) in [7, 11) is 2.05. The Hall–Kier alpha value is -7.24. The fourth-order valence-corrected chi connectivity index (χ4v) is 8.09. The van der Waals surface area contributed by atoms with Crippen molar-refractivity contribution in [1.82, 2.24) is 14.5 Å². The van der Waals surface area contributed by atoms with Crippen LogP contribution >= 0.6 is 0 Å². The van der Waals surface area contributed by atoms with Gasteiger partial charge >= 0.3 is 0 Å². The molecule has 0 saturated carbocycles. The largest absolute Gasteiger partial charge is 0.397 e. The van der Waals surface area contributed by atoms with E-state index in [4.69, 9.17) is 15.7 Å². The number of pyridine rings is 1. The Morgan fingerprint density at radius 2 is 1.30 bits per heavy atom. The van der Waals surface area contributed by atoms with Crippen LogP contribution in [0.5, 0.6) is 0 Å². The maximum absolute atomic E-state index is 6.39. The molecular weight excluding hydrogens is 695 g/mol. The van der Waals surface area contributed by atoms with Gasteiger partial charge in [0.05, 0.1) is 34.6 Å². The van der Waals surface area contributed by atoms with Crippen molar-refractivity contribution in [2.75, 3.05) is 17.7 Å². The van der Waals surface area contributed by atoms with E-state index in [2.05, 4.69) is 169 Å². The summed E-state index contributed by atoms with van der Waals surface area (Å²) in [5.41, 5.74) is 17.0. The molecule has 2 heterocycles. The van der Waals surface area contributed by atoms with Crippen molar-refractivity contribution >= 4 is 60.4 Å². The molecule has 0 aliphatic heterocycles. The summed E-state index contributed by atoms with van der Waals surface area (Å²) in [6.45, 7) is 7.08. The second-order valence-corrected chi connectivity index (χ2v) is 14.4. The first kappa shape index (κ1) is 35.5. The highest BCUT2D eigenvalue weighted by atomic mass is 15.1. The van der Waals surface area contributed by atoms with E-state index in [0.717, 1.165) is 84.8 Å². The van der Waals surface area contributed by atoms with Gasteiger partial charge < -0.3 is 10.6 Å². The van der Waals surface area contributed by atoms with Gasteiger partial charge in [-0.2, -0.15) is 0 Å². The molecule has 0 aliphatic carbocycles. The molecule has 2 N–H and O–H groups in total. The first-order chi connectivity index (χ1) is 28.0. The van der Waals surface area contributed by atoms with Gasteiger partial charge in [0.25, 0.3) is 0 Å². The zero-order valence-corrected chi connectivity index (χ0v) is 32.2. The first-order valence-corrected chi connectivity index (χ1v) is 19.5. The standard InChI is InChI=1S/C52H43N5/c1-4-6-7-22-42(5-2)57-51-49(40-31-29-36-18-9-11-20-38(36)33-40)44-24-13-12-23-43(44)48(39-30-28-35-17-8-10-19-37(35)32-39)50(51)55-52(57)46-26-16-21-41(54-46)34-56(3)47-27-15-14-25-45(47)53/h5-33H,2,4,34,53H2,1,3H3/b7-6-,42-22+. The molecule has 276 valence electrons. The number of anilines is 2. The lowest BCUT2D eigenvalue weighted by atomic mass is 9.89. The van der Waals surface area contributed by atoms with Gasteiger partial charge in [0.2, 0.25) is 0 Å².